The van der Waals surface area contributed by atoms with E-state index in [9.17, 15) is 22.8 Å². The highest BCUT2D eigenvalue weighted by Gasteiger charge is 2.30. The van der Waals surface area contributed by atoms with Gasteiger partial charge in [-0.1, -0.05) is 12.1 Å². The lowest BCUT2D eigenvalue weighted by atomic mass is 10.1. The van der Waals surface area contributed by atoms with E-state index in [2.05, 4.69) is 16.0 Å². The van der Waals surface area contributed by atoms with Crippen LogP contribution in [0.3, 0.4) is 0 Å². The first-order valence-corrected chi connectivity index (χ1v) is 7.24. The lowest BCUT2D eigenvalue weighted by Crippen LogP contribution is -2.42. The van der Waals surface area contributed by atoms with Crippen molar-refractivity contribution >= 4 is 11.9 Å². The fourth-order valence-electron chi connectivity index (χ4n) is 2.04. The number of nitrogens with one attached hydrogen (secondary N) is 1. The summed E-state index contributed by atoms with van der Waals surface area (Å²) >= 11 is 0. The van der Waals surface area contributed by atoms with E-state index in [1.54, 1.807) is 0 Å². The van der Waals surface area contributed by atoms with E-state index in [0.29, 0.717) is 24.8 Å². The fraction of sp³-hybridized carbons (Fsp3) is 0.412. The number of esters is 1. The van der Waals surface area contributed by atoms with Gasteiger partial charge in [0.2, 0.25) is 5.91 Å². The zero-order valence-electron chi connectivity index (χ0n) is 13.2. The number of benzene rings is 1. The quantitative estimate of drug-likeness (QED) is 0.471. The zero-order chi connectivity index (χ0) is 18.2. The molecule has 130 valence electrons. The number of terminal acetylenes is 1. The second kappa shape index (κ2) is 8.96. The third kappa shape index (κ3) is 6.32. The third-order valence-electron chi connectivity index (χ3n) is 3.28. The highest BCUT2D eigenvalue weighted by molar-refractivity contribution is 5.85. The van der Waals surface area contributed by atoms with Gasteiger partial charge in [-0.2, -0.15) is 13.2 Å². The Morgan fingerprint density at radius 2 is 1.92 bits per heavy atom. The molecule has 1 aromatic carbocycles. The Morgan fingerprint density at radius 1 is 1.29 bits per heavy atom. The molecule has 1 N–H and O–H groups in total. The van der Waals surface area contributed by atoms with Crippen molar-refractivity contribution < 1.29 is 27.5 Å². The zero-order valence-corrected chi connectivity index (χ0v) is 13.2. The first-order chi connectivity index (χ1) is 11.3. The van der Waals surface area contributed by atoms with Crippen LogP contribution in [-0.4, -0.2) is 25.0 Å². The molecule has 1 rings (SSSR count). The molecule has 0 radical (unpaired) electrons. The summed E-state index contributed by atoms with van der Waals surface area (Å²) in [5.41, 5.74) is -0.374. The van der Waals surface area contributed by atoms with Crippen molar-refractivity contribution in [2.24, 2.45) is 0 Å². The summed E-state index contributed by atoms with van der Waals surface area (Å²) in [7, 11) is 1.21. The summed E-state index contributed by atoms with van der Waals surface area (Å²) in [6.07, 6.45) is 1.90. The number of carbonyl (C=O) groups excluding carboxylic acids is 2. The molecule has 24 heavy (non-hydrogen) atoms. The summed E-state index contributed by atoms with van der Waals surface area (Å²) < 4.78 is 42.1. The third-order valence-corrected chi connectivity index (χ3v) is 3.28. The van der Waals surface area contributed by atoms with Crippen molar-refractivity contribution in [3.63, 3.8) is 0 Å². The van der Waals surface area contributed by atoms with Crippen molar-refractivity contribution in [3.05, 3.63) is 35.4 Å². The first-order valence-electron chi connectivity index (χ1n) is 7.24. The summed E-state index contributed by atoms with van der Waals surface area (Å²) in [6.45, 7) is 0. The van der Waals surface area contributed by atoms with Gasteiger partial charge < -0.3 is 10.1 Å². The Hall–Kier alpha value is -2.49. The minimum Gasteiger partial charge on any atom is -0.467 e. The molecule has 4 nitrogen and oxygen atoms in total. The van der Waals surface area contributed by atoms with E-state index in [1.165, 1.54) is 19.2 Å². The molecule has 0 heterocycles. The van der Waals surface area contributed by atoms with Crippen LogP contribution in [0.2, 0.25) is 0 Å². The van der Waals surface area contributed by atoms with E-state index in [0.717, 1.165) is 12.1 Å². The molecule has 1 aromatic rings. The van der Waals surface area contributed by atoms with E-state index in [4.69, 9.17) is 6.42 Å². The van der Waals surface area contributed by atoms with Gasteiger partial charge in [0.1, 0.15) is 6.04 Å². The van der Waals surface area contributed by atoms with Crippen molar-refractivity contribution in [2.75, 3.05) is 7.11 Å². The van der Waals surface area contributed by atoms with Crippen LogP contribution in [-0.2, 0) is 26.9 Å². The number of alkyl halides is 3. The van der Waals surface area contributed by atoms with Gasteiger partial charge in [-0.15, -0.1) is 12.3 Å². The van der Waals surface area contributed by atoms with Gasteiger partial charge in [0.15, 0.2) is 0 Å². The van der Waals surface area contributed by atoms with Crippen molar-refractivity contribution in [1.82, 2.24) is 5.32 Å². The van der Waals surface area contributed by atoms with Crippen LogP contribution in [0.15, 0.2) is 24.3 Å². The number of methoxy groups -OCH3 is 1. The topological polar surface area (TPSA) is 55.4 Å². The predicted molar refractivity (Wildman–Crippen MR) is 81.8 cm³/mol. The molecule has 0 aliphatic heterocycles. The molecule has 0 aliphatic carbocycles. The average Bonchev–Trinajstić information content (AvgIpc) is 2.53. The molecule has 0 aromatic heterocycles. The van der Waals surface area contributed by atoms with Crippen LogP contribution in [0, 0.1) is 12.3 Å². The fourth-order valence-corrected chi connectivity index (χ4v) is 2.04. The Morgan fingerprint density at radius 3 is 2.42 bits per heavy atom. The lowest BCUT2D eigenvalue weighted by molar-refractivity contribution is -0.145. The SMILES string of the molecule is C#CCCC[C@@H](NC(=O)Cc1ccc(C(F)(F)F)cc1)C(=O)OC. The maximum atomic E-state index is 12.5. The second-order valence-corrected chi connectivity index (χ2v) is 5.11. The molecule has 0 unspecified atom stereocenters. The largest absolute Gasteiger partial charge is 0.467 e. The molecule has 0 aliphatic rings. The van der Waals surface area contributed by atoms with Crippen LogP contribution < -0.4 is 5.32 Å². The average molecular weight is 341 g/mol. The van der Waals surface area contributed by atoms with Gasteiger partial charge in [0.05, 0.1) is 19.1 Å². The number of rotatable bonds is 7. The maximum Gasteiger partial charge on any atom is 0.416 e. The number of amides is 1. The van der Waals surface area contributed by atoms with Crippen LogP contribution in [0.5, 0.6) is 0 Å². The molecular formula is C17H18F3NO3. The van der Waals surface area contributed by atoms with Crippen LogP contribution in [0.4, 0.5) is 13.2 Å². The maximum absolute atomic E-state index is 12.5. The van der Waals surface area contributed by atoms with Crippen LogP contribution >= 0.6 is 0 Å². The molecule has 7 heteroatoms. The molecular weight excluding hydrogens is 323 g/mol. The molecule has 1 atom stereocenters. The summed E-state index contributed by atoms with van der Waals surface area (Å²) in [6, 6.07) is 3.45. The van der Waals surface area contributed by atoms with Gasteiger partial charge in [-0.05, 0) is 30.5 Å². The molecule has 1 amide bonds. The van der Waals surface area contributed by atoms with Gasteiger partial charge in [-0.25, -0.2) is 4.79 Å². The standard InChI is InChI=1S/C17H18F3NO3/c1-3-4-5-6-14(16(23)24-2)21-15(22)11-12-7-9-13(10-8-12)17(18,19)20/h1,7-10,14H,4-6,11H2,2H3,(H,21,22)/t14-/m1/s1. The number of hydrogen-bond donors (Lipinski definition) is 1. The van der Waals surface area contributed by atoms with Gasteiger partial charge in [0, 0.05) is 6.42 Å². The number of halogens is 3. The van der Waals surface area contributed by atoms with E-state index < -0.39 is 29.7 Å². The normalized spacial score (nSPS) is 12.1. The van der Waals surface area contributed by atoms with Crippen molar-refractivity contribution in [1.29, 1.82) is 0 Å². The monoisotopic (exact) mass is 341 g/mol. The predicted octanol–water partition coefficient (Wildman–Crippen LogP) is 2.71. The molecule has 0 fully saturated rings. The summed E-state index contributed by atoms with van der Waals surface area (Å²) in [5, 5.41) is 2.52. The summed E-state index contributed by atoms with van der Waals surface area (Å²) in [4.78, 5) is 23.6. The van der Waals surface area contributed by atoms with Crippen molar-refractivity contribution in [3.8, 4) is 12.3 Å². The highest BCUT2D eigenvalue weighted by Crippen LogP contribution is 2.29. The van der Waals surface area contributed by atoms with E-state index >= 15 is 0 Å². The van der Waals surface area contributed by atoms with E-state index in [-0.39, 0.29) is 6.42 Å². The number of carbonyl (C=O) groups is 2. The Balaban J connectivity index is 2.65. The Bertz CT molecular complexity index is 603. The highest BCUT2D eigenvalue weighted by atomic mass is 19.4. The molecule has 0 saturated heterocycles. The molecule has 0 spiro atoms. The Kier molecular flexibility index (Phi) is 7.31. The van der Waals surface area contributed by atoms with Crippen LogP contribution in [0.1, 0.15) is 30.4 Å². The first kappa shape index (κ1) is 19.6. The molecule has 0 saturated carbocycles. The number of hydrogen-bond acceptors (Lipinski definition) is 3. The minimum atomic E-state index is -4.42. The Labute approximate surface area is 138 Å². The van der Waals surface area contributed by atoms with Gasteiger partial charge >= 0.3 is 12.1 Å². The van der Waals surface area contributed by atoms with Gasteiger partial charge in [0.25, 0.3) is 0 Å². The lowest BCUT2D eigenvalue weighted by Gasteiger charge is -2.16. The van der Waals surface area contributed by atoms with E-state index in [1.807, 2.05) is 0 Å². The number of unbranched alkanes of at least 4 members (excludes halogenated alkanes) is 1. The molecule has 0 bridgehead atoms. The van der Waals surface area contributed by atoms with Crippen LogP contribution in [0.25, 0.3) is 0 Å². The summed E-state index contributed by atoms with van der Waals surface area (Å²) in [5.74, 6) is 1.36. The minimum absolute atomic E-state index is 0.138. The smallest absolute Gasteiger partial charge is 0.416 e. The number of ether oxygens (including phenoxy) is 1. The van der Waals surface area contributed by atoms with Crippen molar-refractivity contribution in [2.45, 2.75) is 37.9 Å². The van der Waals surface area contributed by atoms with Gasteiger partial charge in [-0.3, -0.25) is 4.79 Å². The second-order valence-electron chi connectivity index (χ2n) is 5.11.